The molecule has 0 radical (unpaired) electrons. The van der Waals surface area contributed by atoms with Gasteiger partial charge in [0.15, 0.2) is 0 Å². The smallest absolute Gasteiger partial charge is 0.312 e. The van der Waals surface area contributed by atoms with Crippen LogP contribution in [0.15, 0.2) is 0 Å². The Labute approximate surface area is 103 Å². The Balaban J connectivity index is 2.69. The summed E-state index contributed by atoms with van der Waals surface area (Å²) in [5.41, 5.74) is 0.0570. The van der Waals surface area contributed by atoms with Crippen molar-refractivity contribution >= 4 is 11.8 Å². The predicted octanol–water partition coefficient (Wildman–Crippen LogP) is -0.0789. The van der Waals surface area contributed by atoms with Gasteiger partial charge in [-0.2, -0.15) is 0 Å². The summed E-state index contributed by atoms with van der Waals surface area (Å²) >= 11 is 0. The first-order valence-corrected chi connectivity index (χ1v) is 5.99. The molecule has 1 fully saturated rings. The van der Waals surface area contributed by atoms with Crippen LogP contribution < -0.4 is 5.32 Å². The van der Waals surface area contributed by atoms with Gasteiger partial charge in [0.1, 0.15) is 0 Å². The zero-order chi connectivity index (χ0) is 13.2. The highest BCUT2D eigenvalue weighted by atomic mass is 16.2. The summed E-state index contributed by atoms with van der Waals surface area (Å²) in [6.45, 7) is 8.18. The van der Waals surface area contributed by atoms with E-state index in [2.05, 4.69) is 26.1 Å². The maximum absolute atomic E-state index is 11.8. The van der Waals surface area contributed by atoms with Gasteiger partial charge >= 0.3 is 11.8 Å². The fraction of sp³-hybridized carbons (Fsp3) is 0.833. The van der Waals surface area contributed by atoms with Crippen LogP contribution in [-0.2, 0) is 9.59 Å². The van der Waals surface area contributed by atoms with Crippen molar-refractivity contribution in [1.82, 2.24) is 15.1 Å². The fourth-order valence-corrected chi connectivity index (χ4v) is 1.97. The van der Waals surface area contributed by atoms with Crippen molar-refractivity contribution in [3.05, 3.63) is 0 Å². The van der Waals surface area contributed by atoms with Gasteiger partial charge in [0.2, 0.25) is 0 Å². The zero-order valence-corrected chi connectivity index (χ0v) is 11.4. The molecule has 0 aliphatic carbocycles. The molecule has 5 heteroatoms. The standard InChI is InChI=1S/C12H23N3O2/c1-12(2,3)9(13-4)8-15-7-6-14(5)10(16)11(15)17/h9,13H,6-8H2,1-5H3. The molecule has 1 saturated heterocycles. The summed E-state index contributed by atoms with van der Waals surface area (Å²) in [6.07, 6.45) is 0. The van der Waals surface area contributed by atoms with Gasteiger partial charge in [0.25, 0.3) is 0 Å². The Morgan fingerprint density at radius 3 is 2.29 bits per heavy atom. The lowest BCUT2D eigenvalue weighted by Crippen LogP contribution is -2.57. The average molecular weight is 241 g/mol. The van der Waals surface area contributed by atoms with Crippen LogP contribution in [-0.4, -0.2) is 61.4 Å². The third-order valence-electron chi connectivity index (χ3n) is 3.32. The number of nitrogens with one attached hydrogen (secondary N) is 1. The molecule has 1 unspecified atom stereocenters. The first kappa shape index (κ1) is 14.0. The lowest BCUT2D eigenvalue weighted by Gasteiger charge is -2.38. The molecule has 17 heavy (non-hydrogen) atoms. The average Bonchev–Trinajstić information content (AvgIpc) is 2.23. The van der Waals surface area contributed by atoms with Crippen LogP contribution in [0.1, 0.15) is 20.8 Å². The molecule has 98 valence electrons. The maximum Gasteiger partial charge on any atom is 0.312 e. The molecule has 0 aromatic carbocycles. The number of hydrogen-bond donors (Lipinski definition) is 1. The number of likely N-dealkylation sites (N-methyl/N-ethyl adjacent to an activating group) is 2. The Bertz CT molecular complexity index is 309. The maximum atomic E-state index is 11.8. The predicted molar refractivity (Wildman–Crippen MR) is 66.5 cm³/mol. The van der Waals surface area contributed by atoms with Crippen molar-refractivity contribution < 1.29 is 9.59 Å². The highest BCUT2D eigenvalue weighted by Gasteiger charge is 2.33. The number of amides is 2. The van der Waals surface area contributed by atoms with Crippen LogP contribution in [0.5, 0.6) is 0 Å². The summed E-state index contributed by atoms with van der Waals surface area (Å²) < 4.78 is 0. The SMILES string of the molecule is CNC(CN1CCN(C)C(=O)C1=O)C(C)(C)C. The molecule has 5 nitrogen and oxygen atoms in total. The molecular formula is C12H23N3O2. The molecule has 0 bridgehead atoms. The van der Waals surface area contributed by atoms with E-state index in [-0.39, 0.29) is 17.4 Å². The lowest BCUT2D eigenvalue weighted by molar-refractivity contribution is -0.155. The number of carbonyl (C=O) groups excluding carboxylic acids is 2. The minimum Gasteiger partial charge on any atom is -0.336 e. The monoisotopic (exact) mass is 241 g/mol. The highest BCUT2D eigenvalue weighted by molar-refractivity contribution is 6.35. The molecule has 0 saturated carbocycles. The van der Waals surface area contributed by atoms with Crippen molar-refractivity contribution in [3.63, 3.8) is 0 Å². The number of nitrogens with zero attached hydrogens (tertiary/aromatic N) is 2. The minimum atomic E-state index is -0.403. The molecule has 2 amide bonds. The van der Waals surface area contributed by atoms with Gasteiger partial charge in [-0.1, -0.05) is 20.8 Å². The van der Waals surface area contributed by atoms with E-state index in [1.165, 1.54) is 4.90 Å². The van der Waals surface area contributed by atoms with Crippen LogP contribution >= 0.6 is 0 Å². The summed E-state index contributed by atoms with van der Waals surface area (Å²) in [7, 11) is 3.55. The fourth-order valence-electron chi connectivity index (χ4n) is 1.97. The third-order valence-corrected chi connectivity index (χ3v) is 3.32. The second-order valence-corrected chi connectivity index (χ2v) is 5.69. The van der Waals surface area contributed by atoms with Gasteiger partial charge in [-0.25, -0.2) is 0 Å². The van der Waals surface area contributed by atoms with Crippen molar-refractivity contribution in [1.29, 1.82) is 0 Å². The summed E-state index contributed by atoms with van der Waals surface area (Å²) in [5.74, 6) is -0.789. The minimum absolute atomic E-state index is 0.0570. The van der Waals surface area contributed by atoms with E-state index in [0.29, 0.717) is 19.6 Å². The van der Waals surface area contributed by atoms with Gasteiger partial charge in [0, 0.05) is 32.7 Å². The summed E-state index contributed by atoms with van der Waals surface area (Å²) in [6, 6.07) is 0.183. The zero-order valence-electron chi connectivity index (χ0n) is 11.4. The molecule has 0 aromatic heterocycles. The largest absolute Gasteiger partial charge is 0.336 e. The molecule has 1 aliphatic heterocycles. The van der Waals surface area contributed by atoms with E-state index in [4.69, 9.17) is 0 Å². The van der Waals surface area contributed by atoms with Crippen LogP contribution in [0.4, 0.5) is 0 Å². The third kappa shape index (κ3) is 3.19. The number of hydrogen-bond acceptors (Lipinski definition) is 3. The number of piperazine rings is 1. The molecular weight excluding hydrogens is 218 g/mol. The van der Waals surface area contributed by atoms with E-state index in [1.807, 2.05) is 7.05 Å². The van der Waals surface area contributed by atoms with Crippen molar-refractivity contribution in [3.8, 4) is 0 Å². The van der Waals surface area contributed by atoms with Gasteiger partial charge in [0.05, 0.1) is 0 Å². The Kier molecular flexibility index (Phi) is 4.14. The Morgan fingerprint density at radius 2 is 1.82 bits per heavy atom. The van der Waals surface area contributed by atoms with Crippen LogP contribution in [0.25, 0.3) is 0 Å². The topological polar surface area (TPSA) is 52.6 Å². The summed E-state index contributed by atoms with van der Waals surface area (Å²) in [5, 5.41) is 3.22. The highest BCUT2D eigenvalue weighted by Crippen LogP contribution is 2.20. The van der Waals surface area contributed by atoms with E-state index >= 15 is 0 Å². The van der Waals surface area contributed by atoms with Crippen molar-refractivity contribution in [2.75, 3.05) is 33.7 Å². The van der Waals surface area contributed by atoms with E-state index in [9.17, 15) is 9.59 Å². The molecule has 1 atom stereocenters. The van der Waals surface area contributed by atoms with E-state index in [1.54, 1.807) is 11.9 Å². The summed E-state index contributed by atoms with van der Waals surface area (Å²) in [4.78, 5) is 26.5. The van der Waals surface area contributed by atoms with Crippen LogP contribution in [0.3, 0.4) is 0 Å². The van der Waals surface area contributed by atoms with Crippen molar-refractivity contribution in [2.24, 2.45) is 5.41 Å². The van der Waals surface area contributed by atoms with Gasteiger partial charge in [-0.15, -0.1) is 0 Å². The van der Waals surface area contributed by atoms with Crippen LogP contribution in [0.2, 0.25) is 0 Å². The van der Waals surface area contributed by atoms with E-state index < -0.39 is 5.91 Å². The number of carbonyl (C=O) groups is 2. The lowest BCUT2D eigenvalue weighted by atomic mass is 9.86. The Morgan fingerprint density at radius 1 is 1.24 bits per heavy atom. The molecule has 1 heterocycles. The Hall–Kier alpha value is -1.10. The second-order valence-electron chi connectivity index (χ2n) is 5.69. The van der Waals surface area contributed by atoms with Gasteiger partial charge in [-0.05, 0) is 12.5 Å². The number of rotatable bonds is 3. The van der Waals surface area contributed by atoms with Gasteiger partial charge in [-0.3, -0.25) is 9.59 Å². The van der Waals surface area contributed by atoms with Crippen molar-refractivity contribution in [2.45, 2.75) is 26.8 Å². The van der Waals surface area contributed by atoms with E-state index in [0.717, 1.165) is 0 Å². The molecule has 0 aromatic rings. The van der Waals surface area contributed by atoms with Gasteiger partial charge < -0.3 is 15.1 Å². The first-order valence-electron chi connectivity index (χ1n) is 5.99. The second kappa shape index (κ2) is 5.04. The van der Waals surface area contributed by atoms with Crippen LogP contribution in [0, 0.1) is 5.41 Å². The quantitative estimate of drug-likeness (QED) is 0.703. The normalized spacial score (nSPS) is 19.8. The molecule has 0 spiro atoms. The molecule has 1 N–H and O–H groups in total. The molecule has 1 rings (SSSR count). The molecule has 1 aliphatic rings. The first-order chi connectivity index (χ1) is 7.77.